The first kappa shape index (κ1) is 13.1. The third-order valence-corrected chi connectivity index (χ3v) is 3.76. The van der Waals surface area contributed by atoms with E-state index in [0.717, 1.165) is 10.9 Å². The minimum atomic E-state index is 0.0127. The summed E-state index contributed by atoms with van der Waals surface area (Å²) in [7, 11) is 0. The highest BCUT2D eigenvalue weighted by Gasteiger charge is 2.10. The van der Waals surface area contributed by atoms with Gasteiger partial charge in [0, 0.05) is 24.2 Å². The van der Waals surface area contributed by atoms with Gasteiger partial charge in [-0.15, -0.1) is 0 Å². The van der Waals surface area contributed by atoms with E-state index >= 15 is 0 Å². The molecule has 2 aromatic rings. The van der Waals surface area contributed by atoms with Gasteiger partial charge >= 0.3 is 0 Å². The van der Waals surface area contributed by atoms with Gasteiger partial charge in [0.1, 0.15) is 0 Å². The maximum absolute atomic E-state index is 6.24. The molecule has 0 aliphatic carbocycles. The average molecular weight is 259 g/mol. The third kappa shape index (κ3) is 3.31. The van der Waals surface area contributed by atoms with Crippen LogP contribution in [-0.2, 0) is 0 Å². The largest absolute Gasteiger partial charge is 0.323 e. The van der Waals surface area contributed by atoms with E-state index in [1.807, 2.05) is 6.07 Å². The number of benzene rings is 1. The van der Waals surface area contributed by atoms with E-state index in [-0.39, 0.29) is 6.04 Å². The van der Waals surface area contributed by atoms with E-state index in [1.165, 1.54) is 16.7 Å². The lowest BCUT2D eigenvalue weighted by Gasteiger charge is -2.14. The summed E-state index contributed by atoms with van der Waals surface area (Å²) in [5, 5.41) is 0.776. The molecule has 1 heterocycles. The van der Waals surface area contributed by atoms with E-state index in [9.17, 15) is 0 Å². The van der Waals surface area contributed by atoms with Crippen LogP contribution in [0.3, 0.4) is 0 Å². The zero-order valence-corrected chi connectivity index (χ0v) is 11.4. The molecule has 0 amide bonds. The molecule has 3 nitrogen and oxygen atoms in total. The van der Waals surface area contributed by atoms with E-state index < -0.39 is 0 Å². The van der Waals surface area contributed by atoms with Crippen molar-refractivity contribution in [3.8, 4) is 0 Å². The van der Waals surface area contributed by atoms with Crippen LogP contribution in [0.5, 0.6) is 0 Å². The van der Waals surface area contributed by atoms with Crippen molar-refractivity contribution in [2.75, 3.05) is 5.75 Å². The molecule has 94 valence electrons. The molecule has 0 fully saturated rings. The number of rotatable bonds is 4. The normalized spacial score (nSPS) is 12.4. The van der Waals surface area contributed by atoms with Gasteiger partial charge in [-0.1, -0.05) is 35.5 Å². The van der Waals surface area contributed by atoms with E-state index in [4.69, 9.17) is 5.73 Å². The van der Waals surface area contributed by atoms with Crippen molar-refractivity contribution < 1.29 is 0 Å². The van der Waals surface area contributed by atoms with Gasteiger partial charge in [-0.25, -0.2) is 9.97 Å². The first-order valence-electron chi connectivity index (χ1n) is 5.89. The predicted molar refractivity (Wildman–Crippen MR) is 75.6 cm³/mol. The molecular weight excluding hydrogens is 242 g/mol. The Morgan fingerprint density at radius 3 is 2.67 bits per heavy atom. The summed E-state index contributed by atoms with van der Waals surface area (Å²) in [5.41, 5.74) is 9.92. The van der Waals surface area contributed by atoms with Crippen LogP contribution in [0.2, 0.25) is 0 Å². The molecule has 1 atom stereocenters. The van der Waals surface area contributed by atoms with Gasteiger partial charge in [0.2, 0.25) is 0 Å². The van der Waals surface area contributed by atoms with E-state index in [0.29, 0.717) is 0 Å². The number of hydrogen-bond acceptors (Lipinski definition) is 4. The Labute approximate surface area is 112 Å². The first-order chi connectivity index (χ1) is 8.66. The quantitative estimate of drug-likeness (QED) is 0.677. The van der Waals surface area contributed by atoms with Crippen LogP contribution < -0.4 is 5.73 Å². The maximum atomic E-state index is 6.24. The predicted octanol–water partition coefficient (Wildman–Crippen LogP) is 2.89. The van der Waals surface area contributed by atoms with E-state index in [1.54, 1.807) is 24.2 Å². The molecule has 2 N–H and O–H groups in total. The molecular formula is C14H17N3S. The van der Waals surface area contributed by atoms with Crippen LogP contribution in [0.25, 0.3) is 0 Å². The number of hydrogen-bond donors (Lipinski definition) is 1. The lowest BCUT2D eigenvalue weighted by molar-refractivity contribution is 0.817. The molecule has 0 saturated carbocycles. The zero-order valence-electron chi connectivity index (χ0n) is 10.6. The summed E-state index contributed by atoms with van der Waals surface area (Å²) in [6.45, 7) is 4.18. The molecule has 4 heteroatoms. The molecule has 0 saturated heterocycles. The number of thioether (sulfide) groups is 1. The second-order valence-electron chi connectivity index (χ2n) is 4.31. The van der Waals surface area contributed by atoms with Crippen LogP contribution in [0.1, 0.15) is 22.7 Å². The summed E-state index contributed by atoms with van der Waals surface area (Å²) >= 11 is 1.59. The zero-order chi connectivity index (χ0) is 13.0. The summed E-state index contributed by atoms with van der Waals surface area (Å²) in [6, 6.07) is 8.22. The number of nitrogens with zero attached hydrogens (tertiary/aromatic N) is 2. The Hall–Kier alpha value is -1.39. The molecule has 1 unspecified atom stereocenters. The smallest absolute Gasteiger partial charge is 0.187 e. The Morgan fingerprint density at radius 1 is 1.22 bits per heavy atom. The SMILES string of the molecule is Cc1ccc(C)c(C(N)CSc2ncccn2)c1. The molecule has 1 aromatic carbocycles. The highest BCUT2D eigenvalue weighted by Crippen LogP contribution is 2.23. The van der Waals surface area contributed by atoms with Crippen molar-refractivity contribution in [1.82, 2.24) is 9.97 Å². The Kier molecular flexibility index (Phi) is 4.33. The van der Waals surface area contributed by atoms with Gasteiger partial charge in [0.25, 0.3) is 0 Å². The molecule has 0 radical (unpaired) electrons. The minimum absolute atomic E-state index is 0.0127. The second kappa shape index (κ2) is 5.98. The van der Waals surface area contributed by atoms with Crippen molar-refractivity contribution in [2.45, 2.75) is 25.0 Å². The molecule has 1 aromatic heterocycles. The molecule has 0 aliphatic rings. The highest BCUT2D eigenvalue weighted by atomic mass is 32.2. The Morgan fingerprint density at radius 2 is 1.94 bits per heavy atom. The first-order valence-corrected chi connectivity index (χ1v) is 6.88. The number of aromatic nitrogens is 2. The molecule has 18 heavy (non-hydrogen) atoms. The van der Waals surface area contributed by atoms with Crippen molar-refractivity contribution in [3.63, 3.8) is 0 Å². The van der Waals surface area contributed by atoms with Gasteiger partial charge in [0.15, 0.2) is 5.16 Å². The fourth-order valence-electron chi connectivity index (χ4n) is 1.77. The summed E-state index contributed by atoms with van der Waals surface area (Å²) in [6.07, 6.45) is 3.50. The van der Waals surface area contributed by atoms with Crippen LogP contribution in [0.15, 0.2) is 41.8 Å². The van der Waals surface area contributed by atoms with E-state index in [2.05, 4.69) is 42.0 Å². The van der Waals surface area contributed by atoms with Gasteiger partial charge < -0.3 is 5.73 Å². The minimum Gasteiger partial charge on any atom is -0.323 e. The summed E-state index contributed by atoms with van der Waals surface area (Å²) < 4.78 is 0. The standard InChI is InChI=1S/C14H17N3S/c1-10-4-5-11(2)12(8-10)13(15)9-18-14-16-6-3-7-17-14/h3-8,13H,9,15H2,1-2H3. The second-order valence-corrected chi connectivity index (χ2v) is 5.30. The van der Waals surface area contributed by atoms with Crippen molar-refractivity contribution in [3.05, 3.63) is 53.3 Å². The highest BCUT2D eigenvalue weighted by molar-refractivity contribution is 7.99. The maximum Gasteiger partial charge on any atom is 0.187 e. The van der Waals surface area contributed by atoms with Gasteiger partial charge in [-0.05, 0) is 31.0 Å². The molecule has 0 bridgehead atoms. The summed E-state index contributed by atoms with van der Waals surface area (Å²) in [5.74, 6) is 0.786. The van der Waals surface area contributed by atoms with Crippen molar-refractivity contribution in [2.24, 2.45) is 5.73 Å². The lowest BCUT2D eigenvalue weighted by atomic mass is 10.0. The van der Waals surface area contributed by atoms with Crippen LogP contribution >= 0.6 is 11.8 Å². The molecule has 2 rings (SSSR count). The van der Waals surface area contributed by atoms with Crippen molar-refractivity contribution >= 4 is 11.8 Å². The van der Waals surface area contributed by atoms with Crippen LogP contribution in [0, 0.1) is 13.8 Å². The lowest BCUT2D eigenvalue weighted by Crippen LogP contribution is -2.14. The molecule has 0 spiro atoms. The Balaban J connectivity index is 2.03. The number of nitrogens with two attached hydrogens (primary N) is 1. The third-order valence-electron chi connectivity index (χ3n) is 2.77. The Bertz CT molecular complexity index is 514. The fourth-order valence-corrected chi connectivity index (χ4v) is 2.55. The van der Waals surface area contributed by atoms with Crippen LogP contribution in [0.4, 0.5) is 0 Å². The van der Waals surface area contributed by atoms with Gasteiger partial charge in [-0.2, -0.15) is 0 Å². The van der Waals surface area contributed by atoms with Gasteiger partial charge in [-0.3, -0.25) is 0 Å². The average Bonchev–Trinajstić information content (AvgIpc) is 2.40. The molecule has 0 aliphatic heterocycles. The fraction of sp³-hybridized carbons (Fsp3) is 0.286. The van der Waals surface area contributed by atoms with Crippen molar-refractivity contribution in [1.29, 1.82) is 0 Å². The van der Waals surface area contributed by atoms with Crippen LogP contribution in [-0.4, -0.2) is 15.7 Å². The topological polar surface area (TPSA) is 51.8 Å². The van der Waals surface area contributed by atoms with Gasteiger partial charge in [0.05, 0.1) is 0 Å². The number of aryl methyl sites for hydroxylation is 2. The summed E-state index contributed by atoms with van der Waals surface area (Å²) in [4.78, 5) is 8.36. The monoisotopic (exact) mass is 259 g/mol.